The Morgan fingerprint density at radius 3 is 2.41 bits per heavy atom. The molecule has 0 bridgehead atoms. The third-order valence-corrected chi connectivity index (χ3v) is 4.14. The summed E-state index contributed by atoms with van der Waals surface area (Å²) in [5.41, 5.74) is 10.1. The van der Waals surface area contributed by atoms with E-state index >= 15 is 0 Å². The average Bonchev–Trinajstić information content (AvgIpc) is 2.50. The summed E-state index contributed by atoms with van der Waals surface area (Å²) in [6, 6.07) is 11.0. The second-order valence-corrected chi connectivity index (χ2v) is 5.79. The predicted octanol–water partition coefficient (Wildman–Crippen LogP) is 4.26. The van der Waals surface area contributed by atoms with Gasteiger partial charge in [0, 0.05) is 5.92 Å². The molecule has 2 nitrogen and oxygen atoms in total. The zero-order valence-corrected chi connectivity index (χ0v) is 13.5. The highest BCUT2D eigenvalue weighted by Gasteiger charge is 2.14. The van der Waals surface area contributed by atoms with E-state index in [1.807, 2.05) is 13.0 Å². The van der Waals surface area contributed by atoms with Crippen LogP contribution in [0.25, 0.3) is 0 Å². The van der Waals surface area contributed by atoms with Crippen LogP contribution in [-0.4, -0.2) is 13.2 Å². The highest BCUT2D eigenvalue weighted by atomic mass is 19.1. The molecule has 118 valence electrons. The second-order valence-electron chi connectivity index (χ2n) is 5.79. The zero-order chi connectivity index (χ0) is 16.1. The van der Waals surface area contributed by atoms with Crippen LogP contribution in [0.5, 0.6) is 5.75 Å². The lowest BCUT2D eigenvalue weighted by molar-refractivity contribution is 0.295. The molecule has 0 radical (unpaired) electrons. The van der Waals surface area contributed by atoms with E-state index < -0.39 is 0 Å². The molecule has 0 aliphatic heterocycles. The van der Waals surface area contributed by atoms with Gasteiger partial charge >= 0.3 is 0 Å². The molecule has 22 heavy (non-hydrogen) atoms. The molecule has 2 rings (SSSR count). The van der Waals surface area contributed by atoms with Crippen molar-refractivity contribution in [1.29, 1.82) is 0 Å². The molecule has 0 spiro atoms. The maximum absolute atomic E-state index is 13.8. The Balaban J connectivity index is 2.01. The quantitative estimate of drug-likeness (QED) is 0.865. The van der Waals surface area contributed by atoms with Crippen LogP contribution in [0.15, 0.2) is 36.4 Å². The molecule has 0 aliphatic carbocycles. The number of hydrogen-bond donors (Lipinski definition) is 1. The lowest BCUT2D eigenvalue weighted by Gasteiger charge is -2.17. The number of halogens is 1. The molecule has 0 saturated heterocycles. The molecule has 2 N–H and O–H groups in total. The van der Waals surface area contributed by atoms with Crippen molar-refractivity contribution in [3.63, 3.8) is 0 Å². The smallest absolute Gasteiger partial charge is 0.126 e. The minimum absolute atomic E-state index is 0.0203. The summed E-state index contributed by atoms with van der Waals surface area (Å²) >= 11 is 0. The topological polar surface area (TPSA) is 35.2 Å². The molecule has 0 fully saturated rings. The average molecular weight is 301 g/mol. The van der Waals surface area contributed by atoms with Gasteiger partial charge in [-0.2, -0.15) is 0 Å². The third kappa shape index (κ3) is 3.86. The summed E-state index contributed by atoms with van der Waals surface area (Å²) in [6.45, 7) is 7.15. The van der Waals surface area contributed by atoms with Crippen molar-refractivity contribution in [3.05, 3.63) is 64.5 Å². The minimum Gasteiger partial charge on any atom is -0.493 e. The molecule has 2 aromatic carbocycles. The molecule has 3 heteroatoms. The fraction of sp³-hybridized carbons (Fsp3) is 0.368. The standard InChI is InChI=1S/C19H24FNO/c1-13-10-15(3)19(11-14(13)2)22-9-8-16(12-21)17-6-4-5-7-18(17)20/h4-7,10-11,16H,8-9,12,21H2,1-3H3. The number of rotatable bonds is 6. The van der Waals surface area contributed by atoms with E-state index in [4.69, 9.17) is 10.5 Å². The maximum Gasteiger partial charge on any atom is 0.126 e. The Hall–Kier alpha value is -1.87. The zero-order valence-electron chi connectivity index (χ0n) is 13.5. The molecule has 1 atom stereocenters. The summed E-state index contributed by atoms with van der Waals surface area (Å²) in [5, 5.41) is 0. The molecule has 0 aliphatic rings. The Morgan fingerprint density at radius 1 is 1.05 bits per heavy atom. The van der Waals surface area contributed by atoms with Gasteiger partial charge in [-0.1, -0.05) is 24.3 Å². The van der Waals surface area contributed by atoms with Crippen LogP contribution in [0.3, 0.4) is 0 Å². The van der Waals surface area contributed by atoms with Crippen LogP contribution >= 0.6 is 0 Å². The van der Waals surface area contributed by atoms with Gasteiger partial charge in [0.1, 0.15) is 11.6 Å². The van der Waals surface area contributed by atoms with Gasteiger partial charge in [-0.25, -0.2) is 4.39 Å². The number of aryl methyl sites for hydroxylation is 3. The summed E-state index contributed by atoms with van der Waals surface area (Å²) in [6.07, 6.45) is 0.698. The first-order chi connectivity index (χ1) is 10.5. The summed E-state index contributed by atoms with van der Waals surface area (Å²) in [7, 11) is 0. The van der Waals surface area contributed by atoms with Gasteiger partial charge < -0.3 is 10.5 Å². The number of benzene rings is 2. The molecule has 2 aromatic rings. The van der Waals surface area contributed by atoms with Crippen molar-refractivity contribution in [2.45, 2.75) is 33.1 Å². The third-order valence-electron chi connectivity index (χ3n) is 4.14. The normalized spacial score (nSPS) is 12.2. The molecule has 0 saturated carbocycles. The van der Waals surface area contributed by atoms with E-state index in [0.29, 0.717) is 25.1 Å². The van der Waals surface area contributed by atoms with Crippen molar-refractivity contribution in [3.8, 4) is 5.75 Å². The Bertz CT molecular complexity index is 639. The van der Waals surface area contributed by atoms with Crippen molar-refractivity contribution in [2.24, 2.45) is 5.73 Å². The molecular weight excluding hydrogens is 277 g/mol. The van der Waals surface area contributed by atoms with Gasteiger partial charge in [0.25, 0.3) is 0 Å². The summed E-state index contributed by atoms with van der Waals surface area (Å²) in [4.78, 5) is 0. The molecule has 0 heterocycles. The first-order valence-electron chi connectivity index (χ1n) is 7.68. The van der Waals surface area contributed by atoms with Crippen LogP contribution in [0.4, 0.5) is 4.39 Å². The summed E-state index contributed by atoms with van der Waals surface area (Å²) < 4.78 is 19.7. The van der Waals surface area contributed by atoms with Crippen LogP contribution in [0, 0.1) is 26.6 Å². The minimum atomic E-state index is -0.194. The molecule has 1 unspecified atom stereocenters. The maximum atomic E-state index is 13.8. The first-order valence-corrected chi connectivity index (χ1v) is 7.68. The van der Waals surface area contributed by atoms with Crippen molar-refractivity contribution in [1.82, 2.24) is 0 Å². The SMILES string of the molecule is Cc1cc(C)c(OCCC(CN)c2ccccc2F)cc1C. The van der Waals surface area contributed by atoms with E-state index in [1.54, 1.807) is 12.1 Å². The fourth-order valence-electron chi connectivity index (χ4n) is 2.61. The predicted molar refractivity (Wildman–Crippen MR) is 89.0 cm³/mol. The molecule has 0 aromatic heterocycles. The Labute approximate surface area is 132 Å². The van der Waals surface area contributed by atoms with Crippen molar-refractivity contribution >= 4 is 0 Å². The lowest BCUT2D eigenvalue weighted by atomic mass is 9.96. The fourth-order valence-corrected chi connectivity index (χ4v) is 2.61. The van der Waals surface area contributed by atoms with E-state index in [-0.39, 0.29) is 11.7 Å². The van der Waals surface area contributed by atoms with E-state index in [2.05, 4.69) is 26.0 Å². The van der Waals surface area contributed by atoms with Gasteiger partial charge in [-0.15, -0.1) is 0 Å². The Kier molecular flexibility index (Phi) is 5.56. The monoisotopic (exact) mass is 301 g/mol. The van der Waals surface area contributed by atoms with Gasteiger partial charge in [-0.05, 0) is 68.1 Å². The second kappa shape index (κ2) is 7.41. The first kappa shape index (κ1) is 16.5. The van der Waals surface area contributed by atoms with Crippen LogP contribution in [0.2, 0.25) is 0 Å². The van der Waals surface area contributed by atoms with Crippen LogP contribution < -0.4 is 10.5 Å². The number of nitrogens with two attached hydrogens (primary N) is 1. The van der Waals surface area contributed by atoms with Gasteiger partial charge in [0.15, 0.2) is 0 Å². The molecule has 0 amide bonds. The van der Waals surface area contributed by atoms with E-state index in [9.17, 15) is 4.39 Å². The van der Waals surface area contributed by atoms with Gasteiger partial charge in [0.2, 0.25) is 0 Å². The Morgan fingerprint density at radius 2 is 1.73 bits per heavy atom. The largest absolute Gasteiger partial charge is 0.493 e. The lowest BCUT2D eigenvalue weighted by Crippen LogP contribution is -2.17. The highest BCUT2D eigenvalue weighted by Crippen LogP contribution is 2.25. The summed E-state index contributed by atoms with van der Waals surface area (Å²) in [5.74, 6) is 0.681. The van der Waals surface area contributed by atoms with Crippen molar-refractivity contribution < 1.29 is 9.13 Å². The van der Waals surface area contributed by atoms with Crippen molar-refractivity contribution in [2.75, 3.05) is 13.2 Å². The molecular formula is C19H24FNO. The van der Waals surface area contributed by atoms with Gasteiger partial charge in [-0.3, -0.25) is 0 Å². The number of hydrogen-bond acceptors (Lipinski definition) is 2. The highest BCUT2D eigenvalue weighted by molar-refractivity contribution is 5.40. The number of ether oxygens (including phenoxy) is 1. The van der Waals surface area contributed by atoms with Crippen LogP contribution in [-0.2, 0) is 0 Å². The van der Waals surface area contributed by atoms with Gasteiger partial charge in [0.05, 0.1) is 6.61 Å². The van der Waals surface area contributed by atoms with E-state index in [1.165, 1.54) is 17.2 Å². The van der Waals surface area contributed by atoms with Crippen LogP contribution in [0.1, 0.15) is 34.6 Å². The van der Waals surface area contributed by atoms with E-state index in [0.717, 1.165) is 11.3 Å².